The van der Waals surface area contributed by atoms with E-state index in [1.165, 1.54) is 64.4 Å². The Hall–Kier alpha value is -3.88. The van der Waals surface area contributed by atoms with Gasteiger partial charge in [0.05, 0.1) is 21.4 Å². The van der Waals surface area contributed by atoms with Crippen LogP contribution in [-0.2, 0) is 0 Å². The minimum absolute atomic E-state index is 1.25. The molecule has 0 amide bonds. The highest BCUT2D eigenvalue weighted by Crippen LogP contribution is 2.41. The van der Waals surface area contributed by atoms with E-state index in [1.54, 1.807) is 0 Å². The highest BCUT2D eigenvalue weighted by molar-refractivity contribution is 7.26. The molecule has 5 aromatic carbocycles. The van der Waals surface area contributed by atoms with Crippen LogP contribution in [0.2, 0.25) is 0 Å². The van der Waals surface area contributed by atoms with E-state index in [2.05, 4.69) is 121 Å². The maximum atomic E-state index is 2.45. The van der Waals surface area contributed by atoms with Gasteiger partial charge < -0.3 is 4.57 Å². The summed E-state index contributed by atoms with van der Waals surface area (Å²) < 4.78 is 5.12. The standard InChI is InChI=1S/C31H21NS/c1-20-13-15-21(16-14-20)22-17-18-28-26(19-22)23-7-2-4-10-27(23)32(28)29-11-6-9-25-24-8-3-5-12-30(24)33-31(25)29/h2-19H,1H3. The molecule has 2 heteroatoms. The Kier molecular flexibility index (Phi) is 3.99. The first-order valence-electron chi connectivity index (χ1n) is 11.3. The molecule has 0 aliphatic carbocycles. The van der Waals surface area contributed by atoms with E-state index in [0.717, 1.165) is 0 Å². The zero-order valence-electron chi connectivity index (χ0n) is 18.2. The van der Waals surface area contributed by atoms with Crippen molar-refractivity contribution in [2.75, 3.05) is 0 Å². The van der Waals surface area contributed by atoms with Gasteiger partial charge in [-0.2, -0.15) is 0 Å². The van der Waals surface area contributed by atoms with Crippen LogP contribution in [0, 0.1) is 6.92 Å². The van der Waals surface area contributed by atoms with Gasteiger partial charge in [-0.3, -0.25) is 0 Å². The Balaban J connectivity index is 1.56. The molecule has 0 N–H and O–H groups in total. The lowest BCUT2D eigenvalue weighted by Gasteiger charge is -2.10. The number of hydrogen-bond donors (Lipinski definition) is 0. The average molecular weight is 440 g/mol. The van der Waals surface area contributed by atoms with Gasteiger partial charge in [-0.1, -0.05) is 84.4 Å². The SMILES string of the molecule is Cc1ccc(-c2ccc3c(c2)c2ccccc2n3-c2cccc3c2sc2ccccc23)cc1. The van der Waals surface area contributed by atoms with Gasteiger partial charge in [-0.25, -0.2) is 0 Å². The van der Waals surface area contributed by atoms with Crippen LogP contribution in [0.4, 0.5) is 0 Å². The maximum absolute atomic E-state index is 2.45. The van der Waals surface area contributed by atoms with Gasteiger partial charge in [-0.05, 0) is 48.4 Å². The maximum Gasteiger partial charge on any atom is 0.0640 e. The molecule has 0 unspecified atom stereocenters. The molecule has 0 saturated carbocycles. The number of hydrogen-bond acceptors (Lipinski definition) is 1. The third-order valence-corrected chi connectivity index (χ3v) is 7.89. The summed E-state index contributed by atoms with van der Waals surface area (Å²) in [6.45, 7) is 2.13. The van der Waals surface area contributed by atoms with Crippen molar-refractivity contribution >= 4 is 53.3 Å². The van der Waals surface area contributed by atoms with Crippen molar-refractivity contribution in [3.8, 4) is 16.8 Å². The summed E-state index contributed by atoms with van der Waals surface area (Å²) in [5, 5.41) is 5.25. The average Bonchev–Trinajstić information content (AvgIpc) is 3.40. The number of aromatic nitrogens is 1. The van der Waals surface area contributed by atoms with Crippen LogP contribution in [0.1, 0.15) is 5.56 Å². The van der Waals surface area contributed by atoms with Crippen molar-refractivity contribution in [1.29, 1.82) is 0 Å². The van der Waals surface area contributed by atoms with E-state index >= 15 is 0 Å². The van der Waals surface area contributed by atoms with Crippen molar-refractivity contribution in [2.24, 2.45) is 0 Å². The molecule has 0 atom stereocenters. The molecule has 7 aromatic rings. The summed E-state index contributed by atoms with van der Waals surface area (Å²) >= 11 is 1.88. The molecule has 1 nitrogen and oxygen atoms in total. The first kappa shape index (κ1) is 18.7. The quantitative estimate of drug-likeness (QED) is 0.253. The minimum Gasteiger partial charge on any atom is -0.308 e. The lowest BCUT2D eigenvalue weighted by molar-refractivity contribution is 1.20. The number of rotatable bonds is 2. The molecular weight excluding hydrogens is 418 g/mol. The number of benzene rings is 5. The zero-order chi connectivity index (χ0) is 21.9. The van der Waals surface area contributed by atoms with Crippen LogP contribution in [0.5, 0.6) is 0 Å². The summed E-state index contributed by atoms with van der Waals surface area (Å²) in [5.74, 6) is 0. The summed E-state index contributed by atoms with van der Waals surface area (Å²) in [6, 6.07) is 39.9. The Morgan fingerprint density at radius 2 is 1.24 bits per heavy atom. The minimum atomic E-state index is 1.25. The van der Waals surface area contributed by atoms with Crippen LogP contribution in [0.3, 0.4) is 0 Å². The largest absolute Gasteiger partial charge is 0.308 e. The number of aryl methyl sites for hydroxylation is 1. The van der Waals surface area contributed by atoms with E-state index < -0.39 is 0 Å². The van der Waals surface area contributed by atoms with E-state index in [1.807, 2.05) is 11.3 Å². The number of para-hydroxylation sites is 1. The number of nitrogens with zero attached hydrogens (tertiary/aromatic N) is 1. The summed E-state index contributed by atoms with van der Waals surface area (Å²) in [7, 11) is 0. The molecule has 0 bridgehead atoms. The monoisotopic (exact) mass is 439 g/mol. The second-order valence-electron chi connectivity index (χ2n) is 8.70. The van der Waals surface area contributed by atoms with Crippen LogP contribution < -0.4 is 0 Å². The van der Waals surface area contributed by atoms with Gasteiger partial charge in [0.2, 0.25) is 0 Å². The van der Waals surface area contributed by atoms with Crippen LogP contribution in [-0.4, -0.2) is 4.57 Å². The molecule has 33 heavy (non-hydrogen) atoms. The molecule has 0 aliphatic rings. The second kappa shape index (κ2) is 7.06. The lowest BCUT2D eigenvalue weighted by Crippen LogP contribution is -1.93. The molecule has 0 radical (unpaired) electrons. The van der Waals surface area contributed by atoms with E-state index in [-0.39, 0.29) is 0 Å². The van der Waals surface area contributed by atoms with Gasteiger partial charge in [-0.15, -0.1) is 11.3 Å². The number of thiophene rings is 1. The third-order valence-electron chi connectivity index (χ3n) is 6.68. The summed E-state index contributed by atoms with van der Waals surface area (Å²) in [5.41, 5.74) is 7.54. The first-order chi connectivity index (χ1) is 16.3. The Morgan fingerprint density at radius 1 is 0.545 bits per heavy atom. The first-order valence-corrected chi connectivity index (χ1v) is 12.1. The van der Waals surface area contributed by atoms with Crippen molar-refractivity contribution in [1.82, 2.24) is 4.57 Å². The van der Waals surface area contributed by atoms with Gasteiger partial charge in [0.25, 0.3) is 0 Å². The van der Waals surface area contributed by atoms with Gasteiger partial charge in [0.1, 0.15) is 0 Å². The van der Waals surface area contributed by atoms with Crippen molar-refractivity contribution in [2.45, 2.75) is 6.92 Å². The topological polar surface area (TPSA) is 4.93 Å². The molecular formula is C31H21NS. The zero-order valence-corrected chi connectivity index (χ0v) is 19.1. The Bertz CT molecular complexity index is 1820. The molecule has 0 saturated heterocycles. The number of fused-ring (bicyclic) bond motifs is 6. The van der Waals surface area contributed by atoms with Gasteiger partial charge in [0.15, 0.2) is 0 Å². The fourth-order valence-electron chi connectivity index (χ4n) is 5.07. The summed E-state index contributed by atoms with van der Waals surface area (Å²) in [6.07, 6.45) is 0. The van der Waals surface area contributed by atoms with E-state index in [4.69, 9.17) is 0 Å². The fourth-order valence-corrected chi connectivity index (χ4v) is 6.27. The van der Waals surface area contributed by atoms with Gasteiger partial charge >= 0.3 is 0 Å². The van der Waals surface area contributed by atoms with E-state index in [0.29, 0.717) is 0 Å². The third kappa shape index (κ3) is 2.78. The molecule has 156 valence electrons. The Labute approximate surface area is 196 Å². The molecule has 7 rings (SSSR count). The highest BCUT2D eigenvalue weighted by atomic mass is 32.1. The lowest BCUT2D eigenvalue weighted by atomic mass is 10.0. The van der Waals surface area contributed by atoms with Gasteiger partial charge in [0, 0.05) is 26.2 Å². The van der Waals surface area contributed by atoms with E-state index in [9.17, 15) is 0 Å². The smallest absolute Gasteiger partial charge is 0.0640 e. The second-order valence-corrected chi connectivity index (χ2v) is 9.75. The summed E-state index contributed by atoms with van der Waals surface area (Å²) in [4.78, 5) is 0. The molecule has 0 fully saturated rings. The predicted molar refractivity (Wildman–Crippen MR) is 144 cm³/mol. The normalized spacial score (nSPS) is 11.8. The van der Waals surface area contributed by atoms with Crippen LogP contribution in [0.15, 0.2) is 109 Å². The fraction of sp³-hybridized carbons (Fsp3) is 0.0323. The Morgan fingerprint density at radius 3 is 2.12 bits per heavy atom. The molecule has 0 spiro atoms. The van der Waals surface area contributed by atoms with Crippen LogP contribution >= 0.6 is 11.3 Å². The van der Waals surface area contributed by atoms with Crippen molar-refractivity contribution in [3.05, 3.63) is 115 Å². The van der Waals surface area contributed by atoms with Crippen molar-refractivity contribution in [3.63, 3.8) is 0 Å². The highest BCUT2D eigenvalue weighted by Gasteiger charge is 2.16. The van der Waals surface area contributed by atoms with Crippen LogP contribution in [0.25, 0.3) is 58.8 Å². The predicted octanol–water partition coefficient (Wildman–Crippen LogP) is 9.13. The van der Waals surface area contributed by atoms with Crippen molar-refractivity contribution < 1.29 is 0 Å². The molecule has 2 heterocycles. The molecule has 2 aromatic heterocycles. The molecule has 0 aliphatic heterocycles.